The number of hydrogen-bond donors (Lipinski definition) is 0. The van der Waals surface area contributed by atoms with E-state index in [1.807, 2.05) is 0 Å². The molecule has 0 aromatic heterocycles. The molecule has 0 spiro atoms. The van der Waals surface area contributed by atoms with E-state index < -0.39 is 0 Å². The first-order valence-corrected chi connectivity index (χ1v) is 6.06. The second kappa shape index (κ2) is 2.86. The molecule has 0 unspecified atom stereocenters. The maximum Gasteiger partial charge on any atom is 0.166 e. The molecule has 2 aliphatic rings. The van der Waals surface area contributed by atoms with Gasteiger partial charge >= 0.3 is 0 Å². The lowest BCUT2D eigenvalue weighted by atomic mass is 10.0. The van der Waals surface area contributed by atoms with E-state index >= 15 is 0 Å². The van der Waals surface area contributed by atoms with Crippen LogP contribution in [0.25, 0.3) is 10.8 Å². The smallest absolute Gasteiger partial charge is 0.166 e. The number of rotatable bonds is 0. The van der Waals surface area contributed by atoms with Gasteiger partial charge in [-0.05, 0) is 32.3 Å². The molecular weight excluding hydrogens is 266 g/mol. The summed E-state index contributed by atoms with van der Waals surface area (Å²) in [5.74, 6) is 0.251. The first-order chi connectivity index (χ1) is 7.86. The monoisotopic (exact) mass is 273 g/mol. The predicted molar refractivity (Wildman–Crippen MR) is 66.9 cm³/mol. The minimum absolute atomic E-state index is 0.0653. The molecule has 0 saturated heterocycles. The number of fused-ring (bicyclic) bond motifs is 3. The molecule has 16 heavy (non-hydrogen) atoms. The van der Waals surface area contributed by atoms with Crippen molar-refractivity contribution in [3.8, 4) is 0 Å². The van der Waals surface area contributed by atoms with Crippen molar-refractivity contribution in [2.24, 2.45) is 5.16 Å². The summed E-state index contributed by atoms with van der Waals surface area (Å²) in [6.07, 6.45) is 0.0653. The maximum atomic E-state index is 5.50. The molecule has 0 bridgehead atoms. The summed E-state index contributed by atoms with van der Waals surface area (Å²) >= 11 is 3.49. The van der Waals surface area contributed by atoms with Crippen LogP contribution in [0.3, 0.4) is 0 Å². The molecule has 1 heterocycles. The van der Waals surface area contributed by atoms with E-state index in [-0.39, 0.29) is 12.0 Å². The highest BCUT2D eigenvalue weighted by atomic mass is 79.9. The zero-order valence-electron chi connectivity index (χ0n) is 8.35. The number of benzene rings is 2. The van der Waals surface area contributed by atoms with Crippen LogP contribution in [0.5, 0.6) is 0 Å². The van der Waals surface area contributed by atoms with Gasteiger partial charge in [0.15, 0.2) is 6.10 Å². The largest absolute Gasteiger partial charge is 0.386 e. The van der Waals surface area contributed by atoms with Crippen LogP contribution in [0, 0.1) is 0 Å². The quantitative estimate of drug-likeness (QED) is 0.717. The number of halogens is 1. The molecule has 3 heteroatoms. The molecule has 0 N–H and O–H groups in total. The van der Waals surface area contributed by atoms with Crippen LogP contribution in [-0.2, 0) is 4.84 Å². The summed E-state index contributed by atoms with van der Waals surface area (Å²) < 4.78 is 0.904. The van der Waals surface area contributed by atoms with Crippen molar-refractivity contribution in [2.45, 2.75) is 12.0 Å². The van der Waals surface area contributed by atoms with Crippen molar-refractivity contribution in [2.75, 3.05) is 0 Å². The zero-order chi connectivity index (χ0) is 10.7. The summed E-state index contributed by atoms with van der Waals surface area (Å²) in [5.41, 5.74) is 2.59. The SMILES string of the molecule is BrC1=NO[C@@H]2c3cccc4cccc(c34)[C@H]12. The normalized spacial score (nSPS) is 25.4. The zero-order valence-corrected chi connectivity index (χ0v) is 9.94. The molecule has 0 radical (unpaired) electrons. The van der Waals surface area contributed by atoms with Gasteiger partial charge in [-0.3, -0.25) is 0 Å². The topological polar surface area (TPSA) is 21.6 Å². The Bertz CT molecular complexity index is 630. The Balaban J connectivity index is 2.14. The average Bonchev–Trinajstić information content (AvgIpc) is 2.83. The van der Waals surface area contributed by atoms with Crippen molar-refractivity contribution in [1.82, 2.24) is 0 Å². The summed E-state index contributed by atoms with van der Waals surface area (Å²) in [6, 6.07) is 12.8. The molecule has 78 valence electrons. The Labute approximate surface area is 101 Å². The van der Waals surface area contributed by atoms with E-state index in [9.17, 15) is 0 Å². The number of nitrogens with zero attached hydrogens (tertiary/aromatic N) is 1. The molecular formula is C13H8BrNO. The van der Waals surface area contributed by atoms with Gasteiger partial charge in [0.25, 0.3) is 0 Å². The van der Waals surface area contributed by atoms with Crippen molar-refractivity contribution in [3.05, 3.63) is 47.5 Å². The minimum Gasteiger partial charge on any atom is -0.386 e. The van der Waals surface area contributed by atoms with Crippen LogP contribution in [-0.4, -0.2) is 4.62 Å². The Morgan fingerprint density at radius 1 is 1.06 bits per heavy atom. The highest BCUT2D eigenvalue weighted by Crippen LogP contribution is 2.51. The lowest BCUT2D eigenvalue weighted by Crippen LogP contribution is -2.04. The fraction of sp³-hybridized carbons (Fsp3) is 0.154. The van der Waals surface area contributed by atoms with Crippen molar-refractivity contribution >= 4 is 31.3 Å². The van der Waals surface area contributed by atoms with E-state index in [2.05, 4.69) is 57.5 Å². The van der Waals surface area contributed by atoms with Gasteiger partial charge in [-0.2, -0.15) is 0 Å². The fourth-order valence-corrected chi connectivity index (χ4v) is 3.34. The van der Waals surface area contributed by atoms with Crippen LogP contribution < -0.4 is 0 Å². The van der Waals surface area contributed by atoms with Crippen molar-refractivity contribution in [1.29, 1.82) is 0 Å². The van der Waals surface area contributed by atoms with Crippen LogP contribution in [0.2, 0.25) is 0 Å². The molecule has 0 saturated carbocycles. The summed E-state index contributed by atoms with van der Waals surface area (Å²) in [5, 5.41) is 6.67. The molecule has 1 aliphatic carbocycles. The average molecular weight is 274 g/mol. The third-order valence-corrected chi connectivity index (χ3v) is 4.06. The standard InChI is InChI=1S/C13H8BrNO/c14-13-11-8-5-1-3-7-4-2-6-9(10(7)8)12(11)16-15-13/h1-6,11-12H/t11-,12+/m0/s1. The highest BCUT2D eigenvalue weighted by molar-refractivity contribution is 9.18. The molecule has 2 aromatic carbocycles. The third kappa shape index (κ3) is 0.901. The predicted octanol–water partition coefficient (Wildman–Crippen LogP) is 3.72. The summed E-state index contributed by atoms with van der Waals surface area (Å²) in [4.78, 5) is 5.50. The van der Waals surface area contributed by atoms with Gasteiger partial charge in [0.05, 0.1) is 5.92 Å². The lowest BCUT2D eigenvalue weighted by molar-refractivity contribution is 0.0808. The Hall–Kier alpha value is -1.35. The summed E-state index contributed by atoms with van der Waals surface area (Å²) in [6.45, 7) is 0. The Morgan fingerprint density at radius 2 is 1.81 bits per heavy atom. The van der Waals surface area contributed by atoms with E-state index in [1.165, 1.54) is 21.9 Å². The minimum atomic E-state index is 0.0653. The second-order valence-corrected chi connectivity index (χ2v) is 5.02. The Morgan fingerprint density at radius 3 is 2.62 bits per heavy atom. The number of hydrogen-bond acceptors (Lipinski definition) is 2. The van der Waals surface area contributed by atoms with Crippen LogP contribution >= 0.6 is 15.9 Å². The van der Waals surface area contributed by atoms with Gasteiger partial charge in [0.1, 0.15) is 4.62 Å². The van der Waals surface area contributed by atoms with E-state index in [0.29, 0.717) is 0 Å². The molecule has 2 nitrogen and oxygen atoms in total. The molecule has 0 fully saturated rings. The molecule has 1 aliphatic heterocycles. The molecule has 2 aromatic rings. The fourth-order valence-electron chi connectivity index (χ4n) is 2.77. The first kappa shape index (κ1) is 8.76. The van der Waals surface area contributed by atoms with E-state index in [4.69, 9.17) is 4.84 Å². The Kier molecular flexibility index (Phi) is 1.56. The first-order valence-electron chi connectivity index (χ1n) is 5.27. The van der Waals surface area contributed by atoms with Crippen molar-refractivity contribution in [3.63, 3.8) is 0 Å². The second-order valence-electron chi connectivity index (χ2n) is 4.21. The van der Waals surface area contributed by atoms with Gasteiger partial charge in [-0.1, -0.05) is 41.6 Å². The molecule has 4 rings (SSSR count). The van der Waals surface area contributed by atoms with Crippen molar-refractivity contribution < 1.29 is 4.84 Å². The lowest BCUT2D eigenvalue weighted by Gasteiger charge is -2.08. The van der Waals surface area contributed by atoms with Gasteiger partial charge < -0.3 is 4.84 Å². The van der Waals surface area contributed by atoms with Gasteiger partial charge in [-0.15, -0.1) is 0 Å². The van der Waals surface area contributed by atoms with Gasteiger partial charge in [0, 0.05) is 5.56 Å². The maximum absolute atomic E-state index is 5.50. The summed E-state index contributed by atoms with van der Waals surface area (Å²) in [7, 11) is 0. The number of oxime groups is 1. The van der Waals surface area contributed by atoms with E-state index in [0.717, 1.165) is 4.62 Å². The third-order valence-electron chi connectivity index (χ3n) is 3.42. The van der Waals surface area contributed by atoms with Crippen LogP contribution in [0.1, 0.15) is 23.1 Å². The van der Waals surface area contributed by atoms with Gasteiger partial charge in [0.2, 0.25) is 0 Å². The van der Waals surface area contributed by atoms with E-state index in [1.54, 1.807) is 0 Å². The highest BCUT2D eigenvalue weighted by Gasteiger charge is 2.42. The van der Waals surface area contributed by atoms with Gasteiger partial charge in [-0.25, -0.2) is 0 Å². The van der Waals surface area contributed by atoms with Crippen LogP contribution in [0.15, 0.2) is 41.6 Å². The molecule has 0 amide bonds. The van der Waals surface area contributed by atoms with Crippen LogP contribution in [0.4, 0.5) is 0 Å². The molecule has 2 atom stereocenters.